The first-order chi connectivity index (χ1) is 4.52. The van der Waals surface area contributed by atoms with Crippen LogP contribution in [0.15, 0.2) is 0 Å². The molecule has 0 amide bonds. The van der Waals surface area contributed by atoms with Gasteiger partial charge in [0.2, 0.25) is 0 Å². The van der Waals surface area contributed by atoms with Gasteiger partial charge in [-0.2, -0.15) is 0 Å². The zero-order valence-corrected chi connectivity index (χ0v) is 7.09. The molecule has 0 heterocycles. The summed E-state index contributed by atoms with van der Waals surface area (Å²) in [6.45, 7) is 6.70. The standard InChI is InChI=1S/C9H17N/c1-5-6-4-7(5)8(6)9(2,3)10/h5-8H,4,10H2,1-3H3. The average molecular weight is 139 g/mol. The molecule has 3 aliphatic carbocycles. The van der Waals surface area contributed by atoms with Gasteiger partial charge in [0.05, 0.1) is 0 Å². The predicted molar refractivity (Wildman–Crippen MR) is 42.5 cm³/mol. The molecule has 58 valence electrons. The third-order valence-corrected chi connectivity index (χ3v) is 3.68. The molecular weight excluding hydrogens is 122 g/mol. The molecule has 10 heavy (non-hydrogen) atoms. The Balaban J connectivity index is 2.02. The van der Waals surface area contributed by atoms with E-state index in [0.29, 0.717) is 0 Å². The van der Waals surface area contributed by atoms with Crippen molar-refractivity contribution in [1.82, 2.24) is 0 Å². The van der Waals surface area contributed by atoms with Crippen LogP contribution in [0, 0.1) is 23.7 Å². The molecule has 0 saturated heterocycles. The Morgan fingerprint density at radius 1 is 1.30 bits per heavy atom. The molecule has 3 rings (SSSR count). The van der Waals surface area contributed by atoms with E-state index in [4.69, 9.17) is 5.73 Å². The zero-order valence-electron chi connectivity index (χ0n) is 7.09. The lowest BCUT2D eigenvalue weighted by Crippen LogP contribution is -2.67. The van der Waals surface area contributed by atoms with E-state index in [9.17, 15) is 0 Å². The monoisotopic (exact) mass is 139 g/mol. The van der Waals surface area contributed by atoms with E-state index in [1.165, 1.54) is 6.42 Å². The van der Waals surface area contributed by atoms with Crippen LogP contribution in [0.2, 0.25) is 0 Å². The highest BCUT2D eigenvalue weighted by molar-refractivity contribution is 5.12. The molecule has 2 unspecified atom stereocenters. The van der Waals surface area contributed by atoms with Gasteiger partial charge in [-0.3, -0.25) is 0 Å². The van der Waals surface area contributed by atoms with E-state index in [2.05, 4.69) is 20.8 Å². The van der Waals surface area contributed by atoms with Gasteiger partial charge in [0.15, 0.2) is 0 Å². The van der Waals surface area contributed by atoms with E-state index >= 15 is 0 Å². The van der Waals surface area contributed by atoms with Crippen molar-refractivity contribution < 1.29 is 0 Å². The topological polar surface area (TPSA) is 26.0 Å². The maximum absolute atomic E-state index is 6.02. The fourth-order valence-corrected chi connectivity index (χ4v) is 2.89. The summed E-state index contributed by atoms with van der Waals surface area (Å²) in [7, 11) is 0. The third-order valence-electron chi connectivity index (χ3n) is 3.68. The molecule has 0 aromatic heterocycles. The van der Waals surface area contributed by atoms with Crippen LogP contribution in [0.25, 0.3) is 0 Å². The Hall–Kier alpha value is -0.0400. The first-order valence-corrected chi connectivity index (χ1v) is 4.30. The lowest BCUT2D eigenvalue weighted by Gasteiger charge is -2.68. The number of hydrogen-bond donors (Lipinski definition) is 1. The minimum atomic E-state index is 0.0973. The molecule has 2 N–H and O–H groups in total. The first kappa shape index (κ1) is 6.66. The normalized spacial score (nSPS) is 51.6. The van der Waals surface area contributed by atoms with Crippen molar-refractivity contribution in [2.75, 3.05) is 0 Å². The zero-order chi connectivity index (χ0) is 7.52. The minimum Gasteiger partial charge on any atom is -0.325 e. The molecule has 0 aliphatic heterocycles. The van der Waals surface area contributed by atoms with Crippen molar-refractivity contribution in [3.63, 3.8) is 0 Å². The van der Waals surface area contributed by atoms with Crippen LogP contribution in [0.5, 0.6) is 0 Å². The molecule has 0 aromatic rings. The smallest absolute Gasteiger partial charge is 0.0131 e. The fraction of sp³-hybridized carbons (Fsp3) is 1.00. The molecule has 1 heteroatoms. The van der Waals surface area contributed by atoms with Gasteiger partial charge in [0.25, 0.3) is 0 Å². The van der Waals surface area contributed by atoms with E-state index in [-0.39, 0.29) is 5.54 Å². The van der Waals surface area contributed by atoms with Crippen molar-refractivity contribution in [3.8, 4) is 0 Å². The van der Waals surface area contributed by atoms with Crippen molar-refractivity contribution in [2.24, 2.45) is 29.4 Å². The molecule has 1 nitrogen and oxygen atoms in total. The van der Waals surface area contributed by atoms with Crippen LogP contribution >= 0.6 is 0 Å². The quantitative estimate of drug-likeness (QED) is 0.587. The summed E-state index contributed by atoms with van der Waals surface area (Å²) in [6, 6.07) is 0. The van der Waals surface area contributed by atoms with Gasteiger partial charge in [-0.15, -0.1) is 0 Å². The number of rotatable bonds is 1. The minimum absolute atomic E-state index is 0.0973. The van der Waals surface area contributed by atoms with Gasteiger partial charge in [-0.1, -0.05) is 6.92 Å². The number of nitrogens with two attached hydrogens (primary N) is 1. The molecule has 2 bridgehead atoms. The predicted octanol–water partition coefficient (Wildman–Crippen LogP) is 1.63. The van der Waals surface area contributed by atoms with Gasteiger partial charge in [0, 0.05) is 5.54 Å². The van der Waals surface area contributed by atoms with E-state index in [0.717, 1.165) is 23.7 Å². The summed E-state index contributed by atoms with van der Waals surface area (Å²) >= 11 is 0. The molecule has 0 spiro atoms. The van der Waals surface area contributed by atoms with Crippen LogP contribution < -0.4 is 5.73 Å². The molecule has 0 aromatic carbocycles. The molecular formula is C9H17N. The van der Waals surface area contributed by atoms with Gasteiger partial charge in [-0.25, -0.2) is 0 Å². The molecule has 2 atom stereocenters. The third kappa shape index (κ3) is 0.572. The number of hydrogen-bond acceptors (Lipinski definition) is 1. The highest BCUT2D eigenvalue weighted by Crippen LogP contribution is 2.65. The molecule has 3 aliphatic rings. The van der Waals surface area contributed by atoms with Crippen molar-refractivity contribution in [2.45, 2.75) is 32.7 Å². The fourth-order valence-electron chi connectivity index (χ4n) is 2.89. The van der Waals surface area contributed by atoms with Crippen molar-refractivity contribution >= 4 is 0 Å². The maximum Gasteiger partial charge on any atom is 0.0131 e. The second kappa shape index (κ2) is 1.58. The van der Waals surface area contributed by atoms with Gasteiger partial charge in [0.1, 0.15) is 0 Å². The first-order valence-electron chi connectivity index (χ1n) is 4.30. The Labute approximate surface area is 63.0 Å². The summed E-state index contributed by atoms with van der Waals surface area (Å²) < 4.78 is 0. The van der Waals surface area contributed by atoms with Gasteiger partial charge < -0.3 is 5.73 Å². The maximum atomic E-state index is 6.02. The summed E-state index contributed by atoms with van der Waals surface area (Å²) in [4.78, 5) is 0. The summed E-state index contributed by atoms with van der Waals surface area (Å²) in [5.41, 5.74) is 6.12. The van der Waals surface area contributed by atoms with E-state index in [1.54, 1.807) is 0 Å². The Bertz CT molecular complexity index is 147. The molecule has 0 radical (unpaired) electrons. The Morgan fingerprint density at radius 2 is 1.80 bits per heavy atom. The Kier molecular flexibility index (Phi) is 1.05. The highest BCUT2D eigenvalue weighted by Gasteiger charge is 2.62. The summed E-state index contributed by atoms with van der Waals surface area (Å²) in [5.74, 6) is 3.80. The van der Waals surface area contributed by atoms with Gasteiger partial charge in [-0.05, 0) is 43.9 Å². The summed E-state index contributed by atoms with van der Waals surface area (Å²) in [6.07, 6.45) is 1.46. The van der Waals surface area contributed by atoms with Gasteiger partial charge >= 0.3 is 0 Å². The SMILES string of the molecule is CC1C2CC1C2C(C)(C)N. The van der Waals surface area contributed by atoms with Crippen molar-refractivity contribution in [3.05, 3.63) is 0 Å². The van der Waals surface area contributed by atoms with Crippen molar-refractivity contribution in [1.29, 1.82) is 0 Å². The second-order valence-electron chi connectivity index (χ2n) is 4.77. The van der Waals surface area contributed by atoms with Crippen LogP contribution in [0.1, 0.15) is 27.2 Å². The average Bonchev–Trinajstić information content (AvgIpc) is 1.55. The van der Waals surface area contributed by atoms with E-state index < -0.39 is 0 Å². The molecule has 3 saturated carbocycles. The summed E-state index contributed by atoms with van der Waals surface area (Å²) in [5, 5.41) is 0. The van der Waals surface area contributed by atoms with Crippen LogP contribution in [0.4, 0.5) is 0 Å². The largest absolute Gasteiger partial charge is 0.325 e. The Morgan fingerprint density at radius 3 is 1.90 bits per heavy atom. The van der Waals surface area contributed by atoms with Crippen LogP contribution in [-0.2, 0) is 0 Å². The van der Waals surface area contributed by atoms with Crippen LogP contribution in [0.3, 0.4) is 0 Å². The highest BCUT2D eigenvalue weighted by atomic mass is 14.8. The second-order valence-corrected chi connectivity index (χ2v) is 4.77. The molecule has 3 fully saturated rings. The van der Waals surface area contributed by atoms with E-state index in [1.807, 2.05) is 0 Å². The van der Waals surface area contributed by atoms with Crippen LogP contribution in [-0.4, -0.2) is 5.54 Å². The lowest BCUT2D eigenvalue weighted by atomic mass is 9.38. The lowest BCUT2D eigenvalue weighted by molar-refractivity contribution is -0.180.